The molecule has 0 radical (unpaired) electrons. The molecule has 0 fully saturated rings. The summed E-state index contributed by atoms with van der Waals surface area (Å²) in [6, 6.07) is 6.92. The number of sulfonamides is 1. The van der Waals surface area contributed by atoms with E-state index in [0.29, 0.717) is 15.7 Å². The standard InChI is InChI=1S/C19H19BrFN3O5S/c1-10-6-15-16(29-11(2)19(26)23-15)8-17(10)30(27,28)24(3)9-18(25)22-14-5-4-12(20)7-13(14)21/h4-8,11H,9H2,1-3H3,(H,22,25)(H,23,26)/t11-/m0/s1. The van der Waals surface area contributed by atoms with Gasteiger partial charge in [-0.15, -0.1) is 0 Å². The molecule has 8 nitrogen and oxygen atoms in total. The van der Waals surface area contributed by atoms with E-state index in [0.717, 1.165) is 4.31 Å². The Labute approximate surface area is 181 Å². The highest BCUT2D eigenvalue weighted by Crippen LogP contribution is 2.35. The number of amides is 2. The van der Waals surface area contributed by atoms with Gasteiger partial charge in [-0.25, -0.2) is 12.8 Å². The fourth-order valence-electron chi connectivity index (χ4n) is 2.86. The van der Waals surface area contributed by atoms with Crippen molar-refractivity contribution in [3.63, 3.8) is 0 Å². The Morgan fingerprint density at radius 3 is 2.70 bits per heavy atom. The van der Waals surface area contributed by atoms with Crippen molar-refractivity contribution in [1.29, 1.82) is 0 Å². The molecule has 0 aliphatic carbocycles. The Kier molecular flexibility index (Phi) is 6.16. The predicted octanol–water partition coefficient (Wildman–Crippen LogP) is 2.88. The fraction of sp³-hybridized carbons (Fsp3) is 0.263. The molecule has 0 bridgehead atoms. The van der Waals surface area contributed by atoms with E-state index in [2.05, 4.69) is 26.6 Å². The Morgan fingerprint density at radius 2 is 2.03 bits per heavy atom. The lowest BCUT2D eigenvalue weighted by Gasteiger charge is -2.25. The van der Waals surface area contributed by atoms with Crippen molar-refractivity contribution in [3.05, 3.63) is 46.2 Å². The van der Waals surface area contributed by atoms with Gasteiger partial charge in [0.25, 0.3) is 5.91 Å². The Balaban J connectivity index is 1.80. The molecule has 3 rings (SSSR count). The van der Waals surface area contributed by atoms with E-state index in [9.17, 15) is 22.4 Å². The topological polar surface area (TPSA) is 105 Å². The Bertz CT molecular complexity index is 1140. The molecule has 2 aromatic carbocycles. The van der Waals surface area contributed by atoms with Crippen molar-refractivity contribution in [1.82, 2.24) is 4.31 Å². The zero-order chi connectivity index (χ0) is 22.2. The van der Waals surface area contributed by atoms with Gasteiger partial charge in [-0.1, -0.05) is 15.9 Å². The highest BCUT2D eigenvalue weighted by molar-refractivity contribution is 9.10. The van der Waals surface area contributed by atoms with Gasteiger partial charge in [0.1, 0.15) is 11.6 Å². The highest BCUT2D eigenvalue weighted by atomic mass is 79.9. The van der Waals surface area contributed by atoms with Gasteiger partial charge in [0.2, 0.25) is 15.9 Å². The summed E-state index contributed by atoms with van der Waals surface area (Å²) in [4.78, 5) is 23.9. The number of aryl methyl sites for hydroxylation is 1. The van der Waals surface area contributed by atoms with Crippen LogP contribution in [-0.4, -0.2) is 44.2 Å². The Morgan fingerprint density at radius 1 is 1.33 bits per heavy atom. The third-order valence-electron chi connectivity index (χ3n) is 4.47. The number of nitrogens with one attached hydrogen (secondary N) is 2. The number of likely N-dealkylation sites (N-methyl/N-ethyl adjacent to an activating group) is 1. The van der Waals surface area contributed by atoms with Gasteiger partial charge < -0.3 is 15.4 Å². The number of fused-ring (bicyclic) bond motifs is 1. The maximum atomic E-state index is 13.9. The minimum Gasteiger partial charge on any atom is -0.479 e. The zero-order valence-corrected chi connectivity index (χ0v) is 18.7. The number of hydrogen-bond donors (Lipinski definition) is 2. The van der Waals surface area contributed by atoms with Crippen LogP contribution in [0.15, 0.2) is 39.7 Å². The van der Waals surface area contributed by atoms with Crippen molar-refractivity contribution in [2.24, 2.45) is 0 Å². The molecule has 0 unspecified atom stereocenters. The molecule has 1 aliphatic rings. The van der Waals surface area contributed by atoms with Gasteiger partial charge >= 0.3 is 0 Å². The van der Waals surface area contributed by atoms with Crippen LogP contribution in [0.4, 0.5) is 15.8 Å². The van der Waals surface area contributed by atoms with Gasteiger partial charge in [0.05, 0.1) is 22.8 Å². The minimum absolute atomic E-state index is 0.0583. The molecule has 1 heterocycles. The zero-order valence-electron chi connectivity index (χ0n) is 16.3. The average molecular weight is 500 g/mol. The number of rotatable bonds is 5. The summed E-state index contributed by atoms with van der Waals surface area (Å²) >= 11 is 3.12. The van der Waals surface area contributed by atoms with Crippen molar-refractivity contribution >= 4 is 49.1 Å². The molecule has 1 atom stereocenters. The van der Waals surface area contributed by atoms with E-state index in [1.165, 1.54) is 31.3 Å². The van der Waals surface area contributed by atoms with Crippen LogP contribution in [0.5, 0.6) is 5.75 Å². The van der Waals surface area contributed by atoms with Crippen molar-refractivity contribution < 1.29 is 27.1 Å². The van der Waals surface area contributed by atoms with Crippen molar-refractivity contribution in [3.8, 4) is 5.75 Å². The number of hydrogen-bond acceptors (Lipinski definition) is 5. The lowest BCUT2D eigenvalue weighted by molar-refractivity contribution is -0.122. The normalized spacial score (nSPS) is 15.9. The highest BCUT2D eigenvalue weighted by Gasteiger charge is 2.30. The molecule has 2 N–H and O–H groups in total. The van der Waals surface area contributed by atoms with E-state index in [-0.39, 0.29) is 22.2 Å². The van der Waals surface area contributed by atoms with Crippen LogP contribution in [0, 0.1) is 12.7 Å². The molecule has 0 saturated carbocycles. The first-order chi connectivity index (χ1) is 14.0. The average Bonchev–Trinajstić information content (AvgIpc) is 2.64. The first-order valence-corrected chi connectivity index (χ1v) is 11.1. The van der Waals surface area contributed by atoms with E-state index < -0.39 is 34.4 Å². The monoisotopic (exact) mass is 499 g/mol. The molecule has 2 aromatic rings. The van der Waals surface area contributed by atoms with Crippen LogP contribution in [0.3, 0.4) is 0 Å². The predicted molar refractivity (Wildman–Crippen MR) is 112 cm³/mol. The van der Waals surface area contributed by atoms with Crippen LogP contribution >= 0.6 is 15.9 Å². The molecule has 2 amide bonds. The molecular weight excluding hydrogens is 481 g/mol. The van der Waals surface area contributed by atoms with E-state index >= 15 is 0 Å². The summed E-state index contributed by atoms with van der Waals surface area (Å²) in [5.41, 5.74) is 0.691. The summed E-state index contributed by atoms with van der Waals surface area (Å²) < 4.78 is 46.8. The van der Waals surface area contributed by atoms with Gasteiger partial charge in [-0.3, -0.25) is 9.59 Å². The van der Waals surface area contributed by atoms with Gasteiger partial charge in [-0.05, 0) is 43.7 Å². The van der Waals surface area contributed by atoms with Gasteiger partial charge in [-0.2, -0.15) is 4.31 Å². The maximum absolute atomic E-state index is 13.9. The SMILES string of the molecule is Cc1cc2c(cc1S(=O)(=O)N(C)CC(=O)Nc1ccc(Br)cc1F)O[C@@H](C)C(=O)N2. The number of halogens is 2. The largest absolute Gasteiger partial charge is 0.479 e. The second kappa shape index (κ2) is 8.32. The lowest BCUT2D eigenvalue weighted by atomic mass is 10.1. The van der Waals surface area contributed by atoms with Crippen molar-refractivity contribution in [2.45, 2.75) is 24.8 Å². The summed E-state index contributed by atoms with van der Waals surface area (Å²) in [6.07, 6.45) is -0.764. The molecule has 30 heavy (non-hydrogen) atoms. The van der Waals surface area contributed by atoms with Crippen LogP contribution in [0.2, 0.25) is 0 Å². The first-order valence-electron chi connectivity index (χ1n) is 8.82. The number of ether oxygens (including phenoxy) is 1. The Hall–Kier alpha value is -2.50. The third-order valence-corrected chi connectivity index (χ3v) is 6.91. The number of anilines is 2. The van der Waals surface area contributed by atoms with Crippen molar-refractivity contribution in [2.75, 3.05) is 24.2 Å². The fourth-order valence-corrected chi connectivity index (χ4v) is 4.53. The molecule has 0 spiro atoms. The summed E-state index contributed by atoms with van der Waals surface area (Å²) in [5.74, 6) is -1.45. The number of benzene rings is 2. The van der Waals surface area contributed by atoms with E-state index in [4.69, 9.17) is 4.74 Å². The second-order valence-corrected chi connectivity index (χ2v) is 9.73. The minimum atomic E-state index is -4.06. The van der Waals surface area contributed by atoms with Crippen LogP contribution in [-0.2, 0) is 19.6 Å². The molecule has 1 aliphatic heterocycles. The molecular formula is C19H19BrFN3O5S. The molecule has 0 saturated heterocycles. The van der Waals surface area contributed by atoms with Crippen LogP contribution in [0.25, 0.3) is 0 Å². The second-order valence-electron chi connectivity index (χ2n) is 6.80. The lowest BCUT2D eigenvalue weighted by Crippen LogP contribution is -2.36. The number of nitrogens with zero attached hydrogens (tertiary/aromatic N) is 1. The summed E-state index contributed by atoms with van der Waals surface area (Å²) in [6.45, 7) is 2.59. The molecule has 160 valence electrons. The third kappa shape index (κ3) is 4.47. The van der Waals surface area contributed by atoms with Gasteiger partial charge in [0, 0.05) is 17.6 Å². The smallest absolute Gasteiger partial charge is 0.265 e. The van der Waals surface area contributed by atoms with Crippen LogP contribution in [0.1, 0.15) is 12.5 Å². The summed E-state index contributed by atoms with van der Waals surface area (Å²) in [7, 11) is -2.81. The maximum Gasteiger partial charge on any atom is 0.265 e. The quantitative estimate of drug-likeness (QED) is 0.657. The number of carbonyl (C=O) groups excluding carboxylic acids is 2. The van der Waals surface area contributed by atoms with E-state index in [1.807, 2.05) is 0 Å². The molecule has 0 aromatic heterocycles. The van der Waals surface area contributed by atoms with Crippen LogP contribution < -0.4 is 15.4 Å². The summed E-state index contributed by atoms with van der Waals surface area (Å²) in [5, 5.41) is 5.01. The van der Waals surface area contributed by atoms with Gasteiger partial charge in [0.15, 0.2) is 6.10 Å². The van der Waals surface area contributed by atoms with E-state index in [1.54, 1.807) is 19.9 Å². The number of carbonyl (C=O) groups is 2. The molecule has 11 heteroatoms. The first kappa shape index (κ1) is 22.2.